The van der Waals surface area contributed by atoms with Crippen LogP contribution in [-0.4, -0.2) is 89.2 Å². The van der Waals surface area contributed by atoms with Crippen LogP contribution in [0.5, 0.6) is 0 Å². The van der Waals surface area contributed by atoms with Crippen molar-refractivity contribution in [2.75, 3.05) is 25.1 Å². The smallest absolute Gasteiger partial charge is 0.183 e. The van der Waals surface area contributed by atoms with Crippen LogP contribution in [0.2, 0.25) is 0 Å². The molecule has 2 aromatic heterocycles. The van der Waals surface area contributed by atoms with Crippen molar-refractivity contribution in [1.29, 1.82) is 0 Å². The molecule has 5 atom stereocenters. The van der Waals surface area contributed by atoms with Crippen LogP contribution in [-0.2, 0) is 4.74 Å². The first-order valence-corrected chi connectivity index (χ1v) is 8.46. The predicted molar refractivity (Wildman–Crippen MR) is 93.7 cm³/mol. The zero-order valence-corrected chi connectivity index (χ0v) is 14.7. The van der Waals surface area contributed by atoms with Crippen molar-refractivity contribution >= 4 is 17.0 Å². The molecule has 2 aromatic rings. The fourth-order valence-electron chi connectivity index (χ4n) is 2.90. The van der Waals surface area contributed by atoms with Crippen molar-refractivity contribution in [2.45, 2.75) is 37.6 Å². The van der Waals surface area contributed by atoms with Crippen LogP contribution in [0.15, 0.2) is 24.3 Å². The minimum absolute atomic E-state index is 0.0519. The van der Waals surface area contributed by atoms with E-state index in [4.69, 9.17) is 9.84 Å². The van der Waals surface area contributed by atoms with E-state index in [1.165, 1.54) is 17.2 Å². The first kappa shape index (κ1) is 19.6. The first-order chi connectivity index (χ1) is 13.0. The SMILES string of the molecule is C/C(=C/CNc1ncnc2ncn(C3OC(CO)C(O)C(O)C3O)c12)CO. The Labute approximate surface area is 154 Å². The van der Waals surface area contributed by atoms with E-state index >= 15 is 0 Å². The first-order valence-electron chi connectivity index (χ1n) is 8.46. The molecule has 1 saturated heterocycles. The highest BCUT2D eigenvalue weighted by Gasteiger charge is 2.44. The van der Waals surface area contributed by atoms with Crippen LogP contribution < -0.4 is 5.32 Å². The Morgan fingerprint density at radius 2 is 1.96 bits per heavy atom. The van der Waals surface area contributed by atoms with Gasteiger partial charge in [0.2, 0.25) is 0 Å². The van der Waals surface area contributed by atoms with Crippen LogP contribution >= 0.6 is 0 Å². The highest BCUT2D eigenvalue weighted by atomic mass is 16.6. The molecule has 0 radical (unpaired) electrons. The summed E-state index contributed by atoms with van der Waals surface area (Å²) in [7, 11) is 0. The number of nitrogens with one attached hydrogen (secondary N) is 1. The second-order valence-electron chi connectivity index (χ2n) is 6.36. The Balaban J connectivity index is 1.95. The molecule has 6 N–H and O–H groups in total. The quantitative estimate of drug-likeness (QED) is 0.313. The molecule has 11 nitrogen and oxygen atoms in total. The molecule has 27 heavy (non-hydrogen) atoms. The highest BCUT2D eigenvalue weighted by molar-refractivity contribution is 5.83. The van der Waals surface area contributed by atoms with E-state index in [2.05, 4.69) is 20.3 Å². The van der Waals surface area contributed by atoms with E-state index in [1.807, 2.05) is 0 Å². The van der Waals surface area contributed by atoms with Crippen molar-refractivity contribution in [2.24, 2.45) is 0 Å². The zero-order chi connectivity index (χ0) is 19.6. The second kappa shape index (κ2) is 8.25. The third-order valence-electron chi connectivity index (χ3n) is 4.48. The van der Waals surface area contributed by atoms with Crippen molar-refractivity contribution in [3.05, 3.63) is 24.3 Å². The van der Waals surface area contributed by atoms with Gasteiger partial charge in [0.1, 0.15) is 42.6 Å². The number of nitrogens with zero attached hydrogens (tertiary/aromatic N) is 4. The molecular formula is C16H23N5O6. The van der Waals surface area contributed by atoms with Crippen LogP contribution in [0.1, 0.15) is 13.2 Å². The Bertz CT molecular complexity index is 810. The second-order valence-corrected chi connectivity index (χ2v) is 6.36. The summed E-state index contributed by atoms with van der Waals surface area (Å²) in [6.07, 6.45) is -2.04. The average Bonchev–Trinajstić information content (AvgIpc) is 3.11. The largest absolute Gasteiger partial charge is 0.394 e. The minimum atomic E-state index is -1.51. The molecule has 1 fully saturated rings. The maximum Gasteiger partial charge on any atom is 0.183 e. The van der Waals surface area contributed by atoms with E-state index in [0.717, 1.165) is 5.57 Å². The molecule has 0 aliphatic carbocycles. The number of rotatable bonds is 6. The molecule has 0 spiro atoms. The molecule has 148 valence electrons. The maximum absolute atomic E-state index is 10.4. The van der Waals surface area contributed by atoms with Crippen LogP contribution in [0.3, 0.4) is 0 Å². The summed E-state index contributed by atoms with van der Waals surface area (Å²) >= 11 is 0. The molecule has 0 bridgehead atoms. The lowest BCUT2D eigenvalue weighted by Crippen LogP contribution is -2.56. The molecule has 5 unspecified atom stereocenters. The Hall–Kier alpha value is -2.15. The van der Waals surface area contributed by atoms with Crippen LogP contribution in [0.25, 0.3) is 11.2 Å². The number of ether oxygens (including phenoxy) is 1. The summed E-state index contributed by atoms with van der Waals surface area (Å²) in [5.74, 6) is 0.413. The van der Waals surface area contributed by atoms with Gasteiger partial charge in [0.05, 0.1) is 13.2 Å². The van der Waals surface area contributed by atoms with Gasteiger partial charge in [-0.05, 0) is 6.92 Å². The van der Waals surface area contributed by atoms with E-state index in [9.17, 15) is 20.4 Å². The van der Waals surface area contributed by atoms with Gasteiger partial charge in [-0.2, -0.15) is 0 Å². The Kier molecular flexibility index (Phi) is 5.99. The third-order valence-corrected chi connectivity index (χ3v) is 4.48. The number of imidazole rings is 1. The third kappa shape index (κ3) is 3.78. The van der Waals surface area contributed by atoms with Gasteiger partial charge in [-0.25, -0.2) is 15.0 Å². The summed E-state index contributed by atoms with van der Waals surface area (Å²) in [5, 5.41) is 51.9. The Morgan fingerprint density at radius 3 is 2.67 bits per heavy atom. The monoisotopic (exact) mass is 381 g/mol. The van der Waals surface area contributed by atoms with Gasteiger partial charge >= 0.3 is 0 Å². The fraction of sp³-hybridized carbons (Fsp3) is 0.562. The van der Waals surface area contributed by atoms with E-state index in [1.54, 1.807) is 13.0 Å². The number of aliphatic hydroxyl groups excluding tert-OH is 5. The van der Waals surface area contributed by atoms with Gasteiger partial charge in [0.15, 0.2) is 17.7 Å². The molecule has 3 heterocycles. The Morgan fingerprint density at radius 1 is 1.19 bits per heavy atom. The zero-order valence-electron chi connectivity index (χ0n) is 14.7. The van der Waals surface area contributed by atoms with Crippen molar-refractivity contribution in [1.82, 2.24) is 19.5 Å². The summed E-state index contributed by atoms with van der Waals surface area (Å²) < 4.78 is 7.03. The lowest BCUT2D eigenvalue weighted by Gasteiger charge is -2.40. The van der Waals surface area contributed by atoms with Gasteiger partial charge < -0.3 is 35.6 Å². The molecular weight excluding hydrogens is 358 g/mol. The summed E-state index contributed by atoms with van der Waals surface area (Å²) in [6, 6.07) is 0. The topological polar surface area (TPSA) is 166 Å². The van der Waals surface area contributed by atoms with Gasteiger partial charge in [-0.15, -0.1) is 0 Å². The normalized spacial score (nSPS) is 29.3. The molecule has 3 rings (SSSR count). The number of hydrogen-bond donors (Lipinski definition) is 6. The summed E-state index contributed by atoms with van der Waals surface area (Å²) in [5.41, 5.74) is 1.56. The summed E-state index contributed by atoms with van der Waals surface area (Å²) in [4.78, 5) is 12.4. The molecule has 1 aliphatic heterocycles. The number of hydrogen-bond acceptors (Lipinski definition) is 10. The van der Waals surface area contributed by atoms with Gasteiger partial charge in [0, 0.05) is 6.54 Å². The molecule has 0 saturated carbocycles. The van der Waals surface area contributed by atoms with Gasteiger partial charge in [-0.3, -0.25) is 4.57 Å². The maximum atomic E-state index is 10.4. The van der Waals surface area contributed by atoms with Crippen molar-refractivity contribution in [3.63, 3.8) is 0 Å². The number of fused-ring (bicyclic) bond motifs is 1. The van der Waals surface area contributed by atoms with Crippen molar-refractivity contribution < 1.29 is 30.3 Å². The highest BCUT2D eigenvalue weighted by Crippen LogP contribution is 2.32. The lowest BCUT2D eigenvalue weighted by atomic mass is 9.98. The van der Waals surface area contributed by atoms with Gasteiger partial charge in [0.25, 0.3) is 0 Å². The van der Waals surface area contributed by atoms with Crippen LogP contribution in [0, 0.1) is 0 Å². The number of anilines is 1. The lowest BCUT2D eigenvalue weighted by molar-refractivity contribution is -0.250. The van der Waals surface area contributed by atoms with Crippen LogP contribution in [0.4, 0.5) is 5.82 Å². The minimum Gasteiger partial charge on any atom is -0.394 e. The van der Waals surface area contributed by atoms with E-state index < -0.39 is 37.3 Å². The van der Waals surface area contributed by atoms with E-state index in [-0.39, 0.29) is 6.61 Å². The average molecular weight is 381 g/mol. The summed E-state index contributed by atoms with van der Waals surface area (Å²) in [6.45, 7) is 1.60. The predicted octanol–water partition coefficient (Wildman–Crippen LogP) is -1.85. The molecule has 11 heteroatoms. The van der Waals surface area contributed by atoms with Gasteiger partial charge in [-0.1, -0.05) is 11.6 Å². The molecule has 0 aromatic carbocycles. The van der Waals surface area contributed by atoms with E-state index in [0.29, 0.717) is 23.5 Å². The molecule has 1 aliphatic rings. The standard InChI is InChI=1S/C16H23N5O6/c1-8(4-22)2-3-17-14-10-15(19-6-18-14)20-7-21(10)16-13(26)12(25)11(24)9(5-23)27-16/h2,6-7,9,11-13,16,22-26H,3-5H2,1H3,(H,17,18,19)/b8-2-. The number of aliphatic hydroxyl groups is 5. The number of aromatic nitrogens is 4. The molecule has 0 amide bonds. The van der Waals surface area contributed by atoms with Crippen molar-refractivity contribution in [3.8, 4) is 0 Å². The fourth-order valence-corrected chi connectivity index (χ4v) is 2.90.